The van der Waals surface area contributed by atoms with E-state index in [0.717, 1.165) is 16.8 Å². The molecule has 0 aliphatic heterocycles. The Morgan fingerprint density at radius 1 is 1.00 bits per heavy atom. The predicted molar refractivity (Wildman–Crippen MR) is 125 cm³/mol. The Labute approximate surface area is 185 Å². The molecule has 3 aromatic carbocycles. The van der Waals surface area contributed by atoms with Gasteiger partial charge in [-0.1, -0.05) is 29.8 Å². The first kappa shape index (κ1) is 20.5. The number of ether oxygens (including phenoxy) is 1. The van der Waals surface area contributed by atoms with Gasteiger partial charge in [-0.25, -0.2) is 0 Å². The summed E-state index contributed by atoms with van der Waals surface area (Å²) >= 11 is 5.32. The maximum Gasteiger partial charge on any atom is 0.261 e. The Morgan fingerprint density at radius 3 is 2.48 bits per heavy atom. The van der Waals surface area contributed by atoms with Gasteiger partial charge in [-0.15, -0.1) is 10.2 Å². The van der Waals surface area contributed by atoms with Crippen LogP contribution in [0.5, 0.6) is 5.75 Å². The molecule has 0 spiro atoms. The number of aryl methyl sites for hydroxylation is 2. The smallest absolute Gasteiger partial charge is 0.261 e. The third-order valence-corrected chi connectivity index (χ3v) is 4.99. The van der Waals surface area contributed by atoms with E-state index in [1.807, 2.05) is 62.4 Å². The lowest BCUT2D eigenvalue weighted by atomic mass is 10.1. The average molecular weight is 432 g/mol. The number of rotatable bonds is 4. The van der Waals surface area contributed by atoms with Gasteiger partial charge in [0.05, 0.1) is 18.4 Å². The highest BCUT2D eigenvalue weighted by Gasteiger charge is 2.15. The molecule has 0 saturated heterocycles. The summed E-state index contributed by atoms with van der Waals surface area (Å²) in [5, 5.41) is 14.9. The minimum Gasteiger partial charge on any atom is -0.496 e. The van der Waals surface area contributed by atoms with Crippen LogP contribution >= 0.6 is 12.2 Å². The van der Waals surface area contributed by atoms with Gasteiger partial charge in [0.1, 0.15) is 16.8 Å². The summed E-state index contributed by atoms with van der Waals surface area (Å²) in [5.41, 5.74) is 5.51. The standard InChI is InChI=1S/C23H21N5O2S/c1-14-7-10-17(11-8-14)28-26-19-12-9-16(13-20(19)27-28)24-23(31)25-22(29)18-6-4-5-15(2)21(18)30-3/h4-13H,1-3H3,(H2,24,25,29,31). The average Bonchev–Trinajstić information content (AvgIpc) is 3.17. The lowest BCUT2D eigenvalue weighted by Gasteiger charge is -2.13. The molecular weight excluding hydrogens is 410 g/mol. The van der Waals surface area contributed by atoms with Crippen LogP contribution in [0.1, 0.15) is 21.5 Å². The molecule has 0 aliphatic rings. The van der Waals surface area contributed by atoms with Crippen molar-refractivity contribution in [3.63, 3.8) is 0 Å². The zero-order chi connectivity index (χ0) is 22.0. The number of nitrogens with zero attached hydrogens (tertiary/aromatic N) is 3. The molecule has 0 bridgehead atoms. The highest BCUT2D eigenvalue weighted by molar-refractivity contribution is 7.80. The molecule has 0 unspecified atom stereocenters. The first-order chi connectivity index (χ1) is 14.9. The normalized spacial score (nSPS) is 10.7. The molecule has 1 amide bonds. The predicted octanol–water partition coefficient (Wildman–Crippen LogP) is 4.17. The van der Waals surface area contributed by atoms with Crippen molar-refractivity contribution in [1.29, 1.82) is 0 Å². The SMILES string of the molecule is COc1c(C)cccc1C(=O)NC(=S)Nc1ccc2nn(-c3ccc(C)cc3)nc2c1. The molecular formula is C23H21N5O2S. The summed E-state index contributed by atoms with van der Waals surface area (Å²) in [4.78, 5) is 14.2. The fourth-order valence-electron chi connectivity index (χ4n) is 3.22. The Hall–Kier alpha value is -3.78. The Morgan fingerprint density at radius 2 is 1.74 bits per heavy atom. The van der Waals surface area contributed by atoms with Gasteiger partial charge in [-0.2, -0.15) is 4.80 Å². The quantitative estimate of drug-likeness (QED) is 0.472. The summed E-state index contributed by atoms with van der Waals surface area (Å²) in [6.45, 7) is 3.91. The van der Waals surface area contributed by atoms with E-state index in [9.17, 15) is 4.79 Å². The number of methoxy groups -OCH3 is 1. The van der Waals surface area contributed by atoms with Crippen LogP contribution in [-0.2, 0) is 0 Å². The molecule has 0 atom stereocenters. The van der Waals surface area contributed by atoms with Gasteiger partial charge in [0, 0.05) is 5.69 Å². The minimum atomic E-state index is -0.343. The van der Waals surface area contributed by atoms with E-state index in [4.69, 9.17) is 17.0 Å². The second-order valence-electron chi connectivity index (χ2n) is 7.09. The number of carbonyl (C=O) groups excluding carboxylic acids is 1. The van der Waals surface area contributed by atoms with Gasteiger partial charge in [0.25, 0.3) is 5.91 Å². The third-order valence-electron chi connectivity index (χ3n) is 4.79. The second kappa shape index (κ2) is 8.53. The first-order valence-corrected chi connectivity index (χ1v) is 10.1. The number of benzene rings is 3. The number of aromatic nitrogens is 3. The first-order valence-electron chi connectivity index (χ1n) is 9.64. The zero-order valence-electron chi connectivity index (χ0n) is 17.3. The largest absolute Gasteiger partial charge is 0.496 e. The minimum absolute atomic E-state index is 0.179. The summed E-state index contributed by atoms with van der Waals surface area (Å²) in [6.07, 6.45) is 0. The van der Waals surface area contributed by atoms with Crippen LogP contribution in [0.4, 0.5) is 5.69 Å². The summed E-state index contributed by atoms with van der Waals surface area (Å²) < 4.78 is 5.35. The Kier molecular flexibility index (Phi) is 5.64. The molecule has 7 nitrogen and oxygen atoms in total. The van der Waals surface area contributed by atoms with E-state index >= 15 is 0 Å². The molecule has 0 fully saturated rings. The van der Waals surface area contributed by atoms with Crippen molar-refractivity contribution >= 4 is 40.0 Å². The number of amides is 1. The monoisotopic (exact) mass is 431 g/mol. The van der Waals surface area contributed by atoms with Crippen molar-refractivity contribution in [1.82, 2.24) is 20.3 Å². The molecule has 0 saturated carbocycles. The highest BCUT2D eigenvalue weighted by atomic mass is 32.1. The van der Waals surface area contributed by atoms with Crippen LogP contribution in [0.2, 0.25) is 0 Å². The number of carbonyl (C=O) groups is 1. The van der Waals surface area contributed by atoms with Crippen LogP contribution in [0.3, 0.4) is 0 Å². The van der Waals surface area contributed by atoms with Gasteiger partial charge in [0.2, 0.25) is 0 Å². The van der Waals surface area contributed by atoms with Crippen molar-refractivity contribution in [3.05, 3.63) is 77.4 Å². The number of para-hydroxylation sites is 1. The number of hydrogen-bond acceptors (Lipinski definition) is 5. The van der Waals surface area contributed by atoms with Crippen molar-refractivity contribution in [3.8, 4) is 11.4 Å². The van der Waals surface area contributed by atoms with Crippen LogP contribution < -0.4 is 15.4 Å². The molecule has 4 aromatic rings. The molecule has 156 valence electrons. The van der Waals surface area contributed by atoms with Crippen molar-refractivity contribution in [2.75, 3.05) is 12.4 Å². The second-order valence-corrected chi connectivity index (χ2v) is 7.50. The van der Waals surface area contributed by atoms with Crippen molar-refractivity contribution < 1.29 is 9.53 Å². The number of hydrogen-bond donors (Lipinski definition) is 2. The zero-order valence-corrected chi connectivity index (χ0v) is 18.2. The molecule has 4 rings (SSSR count). The summed E-state index contributed by atoms with van der Waals surface area (Å²) in [6, 6.07) is 18.9. The number of fused-ring (bicyclic) bond motifs is 1. The number of nitrogens with one attached hydrogen (secondary N) is 2. The fraction of sp³-hybridized carbons (Fsp3) is 0.130. The molecule has 0 aliphatic carbocycles. The fourth-order valence-corrected chi connectivity index (χ4v) is 3.43. The Bertz CT molecular complexity index is 1280. The van der Waals surface area contributed by atoms with E-state index in [1.54, 1.807) is 16.9 Å². The topological polar surface area (TPSA) is 81.1 Å². The van der Waals surface area contributed by atoms with E-state index in [1.165, 1.54) is 12.7 Å². The highest BCUT2D eigenvalue weighted by Crippen LogP contribution is 2.23. The van der Waals surface area contributed by atoms with Crippen LogP contribution in [0.25, 0.3) is 16.7 Å². The van der Waals surface area contributed by atoms with Crippen LogP contribution in [0.15, 0.2) is 60.7 Å². The van der Waals surface area contributed by atoms with E-state index < -0.39 is 0 Å². The van der Waals surface area contributed by atoms with Gasteiger partial charge in [0.15, 0.2) is 5.11 Å². The van der Waals surface area contributed by atoms with Crippen LogP contribution in [0, 0.1) is 13.8 Å². The van der Waals surface area contributed by atoms with Gasteiger partial charge >= 0.3 is 0 Å². The Balaban J connectivity index is 1.49. The molecule has 0 radical (unpaired) electrons. The maximum absolute atomic E-state index is 12.6. The number of thiocarbonyl (C=S) groups is 1. The molecule has 31 heavy (non-hydrogen) atoms. The lowest BCUT2D eigenvalue weighted by molar-refractivity contribution is 0.0974. The molecule has 1 aromatic heterocycles. The van der Waals surface area contributed by atoms with Gasteiger partial charge < -0.3 is 10.1 Å². The lowest BCUT2D eigenvalue weighted by Crippen LogP contribution is -2.34. The van der Waals surface area contributed by atoms with E-state index in [-0.39, 0.29) is 11.0 Å². The summed E-state index contributed by atoms with van der Waals surface area (Å²) in [7, 11) is 1.54. The number of anilines is 1. The third kappa shape index (κ3) is 4.39. The van der Waals surface area contributed by atoms with Crippen molar-refractivity contribution in [2.24, 2.45) is 0 Å². The van der Waals surface area contributed by atoms with Gasteiger partial charge in [-0.05, 0) is 68.0 Å². The van der Waals surface area contributed by atoms with E-state index in [0.29, 0.717) is 22.5 Å². The van der Waals surface area contributed by atoms with E-state index in [2.05, 4.69) is 20.8 Å². The van der Waals surface area contributed by atoms with Crippen LogP contribution in [-0.4, -0.2) is 33.1 Å². The van der Waals surface area contributed by atoms with Crippen molar-refractivity contribution in [2.45, 2.75) is 13.8 Å². The molecule has 2 N–H and O–H groups in total. The molecule has 8 heteroatoms. The summed E-state index contributed by atoms with van der Waals surface area (Å²) in [5.74, 6) is 0.182. The maximum atomic E-state index is 12.6. The molecule has 1 heterocycles. The van der Waals surface area contributed by atoms with Gasteiger partial charge in [-0.3, -0.25) is 10.1 Å².